The van der Waals surface area contributed by atoms with Gasteiger partial charge >= 0.3 is 6.09 Å². The molecule has 0 bridgehead atoms. The molecule has 0 spiro atoms. The third-order valence-electron chi connectivity index (χ3n) is 6.22. The maximum atomic E-state index is 13.0. The molecule has 1 aromatic carbocycles. The second kappa shape index (κ2) is 12.5. The maximum Gasteiger partial charge on any atom is 0.407 e. The second-order valence-corrected chi connectivity index (χ2v) is 12.1. The number of carbonyl (C=O) groups excluding carboxylic acids is 2. The topological polar surface area (TPSA) is 120 Å². The molecule has 1 atom stereocenters. The van der Waals surface area contributed by atoms with E-state index in [0.29, 0.717) is 37.2 Å². The minimum absolute atomic E-state index is 0.0996. The molecule has 40 heavy (non-hydrogen) atoms. The quantitative estimate of drug-likeness (QED) is 0.346. The summed E-state index contributed by atoms with van der Waals surface area (Å²) >= 11 is 7.84. The Morgan fingerprint density at radius 3 is 2.40 bits per heavy atom. The van der Waals surface area contributed by atoms with Gasteiger partial charge in [-0.1, -0.05) is 23.7 Å². The highest BCUT2D eigenvalue weighted by Gasteiger charge is 2.32. The summed E-state index contributed by atoms with van der Waals surface area (Å²) in [6.07, 6.45) is -0.392. The first kappa shape index (κ1) is 29.7. The number of aromatic nitrogens is 3. The molecule has 2 amide bonds. The molecule has 1 aliphatic heterocycles. The van der Waals surface area contributed by atoms with Crippen molar-refractivity contribution in [3.05, 3.63) is 62.5 Å². The van der Waals surface area contributed by atoms with E-state index in [9.17, 15) is 9.59 Å². The van der Waals surface area contributed by atoms with Crippen molar-refractivity contribution in [3.63, 3.8) is 0 Å². The van der Waals surface area contributed by atoms with E-state index in [2.05, 4.69) is 34.7 Å². The van der Waals surface area contributed by atoms with Gasteiger partial charge in [-0.3, -0.25) is 14.4 Å². The van der Waals surface area contributed by atoms with E-state index in [1.165, 1.54) is 4.88 Å². The van der Waals surface area contributed by atoms with Crippen molar-refractivity contribution in [2.75, 3.05) is 26.3 Å². The van der Waals surface area contributed by atoms with Crippen molar-refractivity contribution >= 4 is 40.6 Å². The van der Waals surface area contributed by atoms with Gasteiger partial charge < -0.3 is 20.1 Å². The van der Waals surface area contributed by atoms with Gasteiger partial charge in [-0.15, -0.1) is 21.5 Å². The smallest absolute Gasteiger partial charge is 0.407 e. The Kier molecular flexibility index (Phi) is 9.27. The molecule has 0 aliphatic carbocycles. The molecule has 3 heterocycles. The number of nitrogens with zero attached hydrogens (tertiary/aromatic N) is 4. The van der Waals surface area contributed by atoms with E-state index in [1.54, 1.807) is 32.1 Å². The number of hydrogen-bond donors (Lipinski definition) is 2. The van der Waals surface area contributed by atoms with Crippen LogP contribution in [0.1, 0.15) is 66.5 Å². The molecule has 0 saturated heterocycles. The van der Waals surface area contributed by atoms with Crippen LogP contribution in [0.5, 0.6) is 0 Å². The number of ether oxygens (including phenoxy) is 2. The zero-order valence-corrected chi connectivity index (χ0v) is 25.2. The van der Waals surface area contributed by atoms with Crippen LogP contribution in [0.2, 0.25) is 5.02 Å². The van der Waals surface area contributed by atoms with Crippen molar-refractivity contribution in [2.45, 2.75) is 59.6 Å². The van der Waals surface area contributed by atoms with Gasteiger partial charge in [0.2, 0.25) is 5.91 Å². The number of aryl methyl sites for hydroxylation is 2. The molecule has 0 unspecified atom stereocenters. The second-order valence-electron chi connectivity index (χ2n) is 10.5. The predicted octanol–water partition coefficient (Wildman–Crippen LogP) is 4.85. The SMILES string of the molecule is Cc1sc2c(c1C)C(c1ccc(Cl)cc1)=N[C@@H](CC(=O)NCCOCCNC(=O)OC(C)(C)C)c1nnc(C)n1-2. The first-order valence-electron chi connectivity index (χ1n) is 13.1. The highest BCUT2D eigenvalue weighted by atomic mass is 35.5. The lowest BCUT2D eigenvalue weighted by atomic mass is 9.99. The molecule has 3 aromatic rings. The van der Waals surface area contributed by atoms with E-state index in [0.717, 1.165) is 33.2 Å². The standard InChI is InChI=1S/C28H35ClN6O4S/c1-16-17(2)40-26-23(16)24(19-7-9-20(29)10-8-19)32-21(25-34-33-18(3)35(25)26)15-22(36)30-11-13-38-14-12-31-27(37)39-28(4,5)6/h7-10,21H,11-15H2,1-6H3,(H,30,36)(H,31,37)/t21-/m0/s1. The number of carbonyl (C=O) groups is 2. The van der Waals surface area contributed by atoms with Gasteiger partial charge in [0.25, 0.3) is 0 Å². The van der Waals surface area contributed by atoms with E-state index in [-0.39, 0.29) is 12.3 Å². The molecule has 2 aromatic heterocycles. The van der Waals surface area contributed by atoms with Crippen molar-refractivity contribution in [3.8, 4) is 5.00 Å². The van der Waals surface area contributed by atoms with Crippen molar-refractivity contribution in [1.82, 2.24) is 25.4 Å². The van der Waals surface area contributed by atoms with Gasteiger partial charge in [0.1, 0.15) is 22.5 Å². The number of hydrogen-bond acceptors (Lipinski definition) is 8. The number of rotatable bonds is 9. The third-order valence-corrected chi connectivity index (χ3v) is 7.66. The van der Waals surface area contributed by atoms with Gasteiger partial charge in [-0.05, 0) is 59.2 Å². The molecule has 12 heteroatoms. The summed E-state index contributed by atoms with van der Waals surface area (Å²) in [6, 6.07) is 7.04. The van der Waals surface area contributed by atoms with Gasteiger partial charge in [0.15, 0.2) is 5.82 Å². The lowest BCUT2D eigenvalue weighted by Crippen LogP contribution is -2.34. The van der Waals surface area contributed by atoms with Crippen LogP contribution in [-0.2, 0) is 14.3 Å². The lowest BCUT2D eigenvalue weighted by Gasteiger charge is -2.19. The average Bonchev–Trinajstić information content (AvgIpc) is 3.35. The minimum atomic E-state index is -0.554. The van der Waals surface area contributed by atoms with E-state index < -0.39 is 17.7 Å². The fraction of sp³-hybridized carbons (Fsp3) is 0.464. The fourth-order valence-corrected chi connectivity index (χ4v) is 5.62. The largest absolute Gasteiger partial charge is 0.444 e. The van der Waals surface area contributed by atoms with Crippen LogP contribution in [0, 0.1) is 20.8 Å². The molecule has 214 valence electrons. The van der Waals surface area contributed by atoms with Crippen molar-refractivity contribution in [1.29, 1.82) is 0 Å². The summed E-state index contributed by atoms with van der Waals surface area (Å²) in [6.45, 7) is 12.7. The molecular formula is C28H35ClN6O4S. The number of benzene rings is 1. The summed E-state index contributed by atoms with van der Waals surface area (Å²) in [7, 11) is 0. The lowest BCUT2D eigenvalue weighted by molar-refractivity contribution is -0.121. The van der Waals surface area contributed by atoms with Gasteiger partial charge in [0, 0.05) is 34.1 Å². The summed E-state index contributed by atoms with van der Waals surface area (Å²) in [4.78, 5) is 31.0. The molecule has 0 radical (unpaired) electrons. The first-order valence-corrected chi connectivity index (χ1v) is 14.3. The number of alkyl carbamates (subject to hydrolysis) is 1. The number of nitrogens with one attached hydrogen (secondary N) is 2. The number of halogens is 1. The van der Waals surface area contributed by atoms with Crippen LogP contribution < -0.4 is 10.6 Å². The van der Waals surface area contributed by atoms with Crippen LogP contribution in [0.25, 0.3) is 5.00 Å². The number of fused-ring (bicyclic) bond motifs is 3. The minimum Gasteiger partial charge on any atom is -0.444 e. The highest BCUT2D eigenvalue weighted by Crippen LogP contribution is 2.39. The monoisotopic (exact) mass is 586 g/mol. The summed E-state index contributed by atoms with van der Waals surface area (Å²) < 4.78 is 12.7. The molecule has 1 aliphatic rings. The predicted molar refractivity (Wildman–Crippen MR) is 156 cm³/mol. The fourth-order valence-electron chi connectivity index (χ4n) is 4.28. The van der Waals surface area contributed by atoms with Crippen LogP contribution in [-0.4, -0.2) is 64.4 Å². The molecule has 2 N–H and O–H groups in total. The van der Waals surface area contributed by atoms with Crippen molar-refractivity contribution in [2.24, 2.45) is 4.99 Å². The molecule has 0 saturated carbocycles. The van der Waals surface area contributed by atoms with E-state index in [4.69, 9.17) is 26.1 Å². The Morgan fingerprint density at radius 1 is 1.05 bits per heavy atom. The Morgan fingerprint density at radius 2 is 1.73 bits per heavy atom. The number of thiophene rings is 1. The Balaban J connectivity index is 1.43. The maximum absolute atomic E-state index is 13.0. The Labute approximate surface area is 243 Å². The average molecular weight is 587 g/mol. The third kappa shape index (κ3) is 7.07. The normalized spacial score (nSPS) is 14.6. The van der Waals surface area contributed by atoms with Crippen LogP contribution >= 0.6 is 22.9 Å². The highest BCUT2D eigenvalue weighted by molar-refractivity contribution is 7.15. The summed E-state index contributed by atoms with van der Waals surface area (Å²) in [5, 5.41) is 15.9. The van der Waals surface area contributed by atoms with Gasteiger partial charge in [-0.2, -0.15) is 0 Å². The zero-order valence-electron chi connectivity index (χ0n) is 23.6. The number of amides is 2. The van der Waals surface area contributed by atoms with Crippen molar-refractivity contribution < 1.29 is 19.1 Å². The Hall–Kier alpha value is -3.28. The number of aliphatic imine (C=N–C) groups is 1. The van der Waals surface area contributed by atoms with E-state index >= 15 is 0 Å². The molecule has 10 nitrogen and oxygen atoms in total. The van der Waals surface area contributed by atoms with Crippen LogP contribution in [0.4, 0.5) is 4.79 Å². The van der Waals surface area contributed by atoms with Gasteiger partial charge in [0.05, 0.1) is 25.3 Å². The summed E-state index contributed by atoms with van der Waals surface area (Å²) in [5.41, 5.74) is 3.32. The van der Waals surface area contributed by atoms with Gasteiger partial charge in [-0.25, -0.2) is 4.79 Å². The molecule has 0 fully saturated rings. The first-order chi connectivity index (χ1) is 18.9. The Bertz CT molecular complexity index is 1410. The molecular weight excluding hydrogens is 552 g/mol. The van der Waals surface area contributed by atoms with E-state index in [1.807, 2.05) is 35.8 Å². The summed E-state index contributed by atoms with van der Waals surface area (Å²) in [5.74, 6) is 1.19. The molecule has 4 rings (SSSR count). The zero-order chi connectivity index (χ0) is 29.0. The van der Waals surface area contributed by atoms with Crippen LogP contribution in [0.15, 0.2) is 29.3 Å². The van der Waals surface area contributed by atoms with Crippen LogP contribution in [0.3, 0.4) is 0 Å².